The number of hydrogen-bond acceptors (Lipinski definition) is 3. The quantitative estimate of drug-likeness (QED) is 0.610. The summed E-state index contributed by atoms with van der Waals surface area (Å²) >= 11 is 0. The Morgan fingerprint density at radius 3 is 2.62 bits per heavy atom. The van der Waals surface area contributed by atoms with Gasteiger partial charge in [0.15, 0.2) is 0 Å². The molecule has 3 unspecified atom stereocenters. The van der Waals surface area contributed by atoms with E-state index in [1.165, 1.54) is 0 Å². The van der Waals surface area contributed by atoms with Crippen molar-refractivity contribution in [3.05, 3.63) is 12.7 Å². The van der Waals surface area contributed by atoms with Crippen molar-refractivity contribution in [1.82, 2.24) is 10.6 Å². The van der Waals surface area contributed by atoms with Gasteiger partial charge in [-0.25, -0.2) is 0 Å². The molecule has 94 valence electrons. The molecule has 16 heavy (non-hydrogen) atoms. The van der Waals surface area contributed by atoms with E-state index in [0.717, 1.165) is 6.42 Å². The average Bonchev–Trinajstić information content (AvgIpc) is 2.25. The summed E-state index contributed by atoms with van der Waals surface area (Å²) in [6.45, 7) is 8.47. The number of amides is 1. The van der Waals surface area contributed by atoms with Crippen molar-refractivity contribution in [2.45, 2.75) is 31.6 Å². The Balaban J connectivity index is 3.72. The van der Waals surface area contributed by atoms with Crippen molar-refractivity contribution in [2.24, 2.45) is 0 Å². The Hall–Kier alpha value is -0.680. The van der Waals surface area contributed by atoms with E-state index in [4.69, 9.17) is 0 Å². The molecular weight excluding hydrogens is 224 g/mol. The SMILES string of the molecule is C=CCNC(=O)C(C)NCCC(C)S(C)=O. The zero-order valence-electron chi connectivity index (χ0n) is 10.3. The predicted molar refractivity (Wildman–Crippen MR) is 68.8 cm³/mol. The van der Waals surface area contributed by atoms with Gasteiger partial charge in [0.2, 0.25) is 5.91 Å². The van der Waals surface area contributed by atoms with Gasteiger partial charge in [0.1, 0.15) is 0 Å². The maximum Gasteiger partial charge on any atom is 0.237 e. The largest absolute Gasteiger partial charge is 0.351 e. The van der Waals surface area contributed by atoms with E-state index in [2.05, 4.69) is 17.2 Å². The topological polar surface area (TPSA) is 58.2 Å². The van der Waals surface area contributed by atoms with Crippen LogP contribution in [-0.2, 0) is 15.6 Å². The van der Waals surface area contributed by atoms with Crippen LogP contribution >= 0.6 is 0 Å². The van der Waals surface area contributed by atoms with Crippen LogP contribution in [0.15, 0.2) is 12.7 Å². The minimum atomic E-state index is -0.794. The third-order valence-electron chi connectivity index (χ3n) is 2.38. The molecule has 0 aromatic rings. The first-order chi connectivity index (χ1) is 7.49. The van der Waals surface area contributed by atoms with Gasteiger partial charge < -0.3 is 10.6 Å². The van der Waals surface area contributed by atoms with Gasteiger partial charge in [-0.15, -0.1) is 6.58 Å². The summed E-state index contributed by atoms with van der Waals surface area (Å²) in [6, 6.07) is -0.225. The molecule has 2 N–H and O–H groups in total. The lowest BCUT2D eigenvalue weighted by Crippen LogP contribution is -2.43. The number of nitrogens with one attached hydrogen (secondary N) is 2. The van der Waals surface area contributed by atoms with Crippen molar-refractivity contribution in [1.29, 1.82) is 0 Å². The molecule has 0 bridgehead atoms. The minimum Gasteiger partial charge on any atom is -0.351 e. The zero-order valence-corrected chi connectivity index (χ0v) is 11.1. The molecule has 0 aliphatic heterocycles. The number of hydrogen-bond donors (Lipinski definition) is 2. The van der Waals surface area contributed by atoms with E-state index in [1.54, 1.807) is 12.3 Å². The monoisotopic (exact) mass is 246 g/mol. The van der Waals surface area contributed by atoms with Crippen LogP contribution < -0.4 is 10.6 Å². The summed E-state index contributed by atoms with van der Waals surface area (Å²) in [5, 5.41) is 5.97. The molecule has 0 aliphatic carbocycles. The van der Waals surface area contributed by atoms with E-state index in [9.17, 15) is 9.00 Å². The standard InChI is InChI=1S/C11H22N2O2S/c1-5-7-13-11(14)10(3)12-8-6-9(2)16(4)15/h5,9-10,12H,1,6-8H2,2-4H3,(H,13,14). The Bertz CT molecular complexity index is 256. The van der Waals surface area contributed by atoms with Crippen LogP contribution in [0.2, 0.25) is 0 Å². The van der Waals surface area contributed by atoms with Crippen LogP contribution in [0.25, 0.3) is 0 Å². The molecule has 0 aromatic carbocycles. The molecule has 0 saturated carbocycles. The molecule has 0 spiro atoms. The van der Waals surface area contributed by atoms with Gasteiger partial charge in [-0.3, -0.25) is 9.00 Å². The molecule has 0 rings (SSSR count). The van der Waals surface area contributed by atoms with Crippen molar-refractivity contribution >= 4 is 16.7 Å². The lowest BCUT2D eigenvalue weighted by molar-refractivity contribution is -0.122. The highest BCUT2D eigenvalue weighted by Crippen LogP contribution is 1.97. The predicted octanol–water partition coefficient (Wildman–Crippen LogP) is 0.424. The molecule has 5 heteroatoms. The van der Waals surface area contributed by atoms with Crippen LogP contribution in [0.1, 0.15) is 20.3 Å². The third kappa shape index (κ3) is 6.74. The molecule has 4 nitrogen and oxygen atoms in total. The summed E-state index contributed by atoms with van der Waals surface area (Å²) in [7, 11) is -0.794. The highest BCUT2D eigenvalue weighted by molar-refractivity contribution is 7.84. The fourth-order valence-electron chi connectivity index (χ4n) is 1.09. The van der Waals surface area contributed by atoms with Crippen LogP contribution in [0.5, 0.6) is 0 Å². The van der Waals surface area contributed by atoms with Crippen LogP contribution in [0.4, 0.5) is 0 Å². The summed E-state index contributed by atoms with van der Waals surface area (Å²) in [6.07, 6.45) is 4.15. The first kappa shape index (κ1) is 15.3. The van der Waals surface area contributed by atoms with Crippen molar-refractivity contribution in [2.75, 3.05) is 19.3 Å². The molecule has 0 heterocycles. The summed E-state index contributed by atoms with van der Waals surface area (Å²) in [5.74, 6) is -0.0369. The molecule has 3 atom stereocenters. The van der Waals surface area contributed by atoms with Crippen LogP contribution in [0, 0.1) is 0 Å². The third-order valence-corrected chi connectivity index (χ3v) is 3.75. The van der Waals surface area contributed by atoms with E-state index in [0.29, 0.717) is 13.1 Å². The number of rotatable bonds is 8. The molecule has 0 aromatic heterocycles. The number of carbonyl (C=O) groups is 1. The fourth-order valence-corrected chi connectivity index (χ4v) is 1.54. The summed E-state index contributed by atoms with van der Waals surface area (Å²) < 4.78 is 11.1. The van der Waals surface area contributed by atoms with Gasteiger partial charge >= 0.3 is 0 Å². The Morgan fingerprint density at radius 1 is 1.50 bits per heavy atom. The van der Waals surface area contributed by atoms with Gasteiger partial charge in [0.25, 0.3) is 0 Å². The summed E-state index contributed by atoms with van der Waals surface area (Å²) in [4.78, 5) is 11.4. The average molecular weight is 246 g/mol. The second-order valence-electron chi connectivity index (χ2n) is 3.81. The van der Waals surface area contributed by atoms with Crippen molar-refractivity contribution < 1.29 is 9.00 Å². The maximum atomic E-state index is 11.4. The minimum absolute atomic E-state index is 0.0369. The molecule has 1 amide bonds. The second kappa shape index (κ2) is 8.47. The van der Waals surface area contributed by atoms with E-state index in [-0.39, 0.29) is 17.2 Å². The Labute approximate surface area is 100 Å². The Kier molecular flexibility index (Phi) is 8.11. The van der Waals surface area contributed by atoms with E-state index < -0.39 is 10.8 Å². The second-order valence-corrected chi connectivity index (χ2v) is 5.61. The highest BCUT2D eigenvalue weighted by Gasteiger charge is 2.12. The van der Waals surface area contributed by atoms with Gasteiger partial charge in [-0.1, -0.05) is 13.0 Å². The molecule has 0 aliphatic rings. The zero-order chi connectivity index (χ0) is 12.6. The lowest BCUT2D eigenvalue weighted by atomic mass is 10.2. The van der Waals surface area contributed by atoms with Gasteiger partial charge in [-0.05, 0) is 19.9 Å². The Morgan fingerprint density at radius 2 is 2.12 bits per heavy atom. The fraction of sp³-hybridized carbons (Fsp3) is 0.727. The van der Waals surface area contributed by atoms with Crippen LogP contribution in [0.3, 0.4) is 0 Å². The lowest BCUT2D eigenvalue weighted by Gasteiger charge is -2.14. The van der Waals surface area contributed by atoms with E-state index >= 15 is 0 Å². The first-order valence-corrected chi connectivity index (χ1v) is 7.05. The molecular formula is C11H22N2O2S. The maximum absolute atomic E-state index is 11.4. The highest BCUT2D eigenvalue weighted by atomic mass is 32.2. The molecule has 0 fully saturated rings. The summed E-state index contributed by atoms with van der Waals surface area (Å²) in [5.41, 5.74) is 0. The van der Waals surface area contributed by atoms with Crippen LogP contribution in [-0.4, -0.2) is 40.8 Å². The van der Waals surface area contributed by atoms with Crippen molar-refractivity contribution in [3.63, 3.8) is 0 Å². The van der Waals surface area contributed by atoms with Gasteiger partial charge in [0.05, 0.1) is 6.04 Å². The van der Waals surface area contributed by atoms with Gasteiger partial charge in [-0.2, -0.15) is 0 Å². The first-order valence-electron chi connectivity index (χ1n) is 5.43. The number of carbonyl (C=O) groups excluding carboxylic acids is 1. The normalized spacial score (nSPS) is 16.2. The smallest absolute Gasteiger partial charge is 0.237 e. The molecule has 0 radical (unpaired) electrons. The van der Waals surface area contributed by atoms with Crippen molar-refractivity contribution in [3.8, 4) is 0 Å². The molecule has 0 saturated heterocycles. The van der Waals surface area contributed by atoms with Gasteiger partial charge in [0, 0.05) is 28.9 Å². The van der Waals surface area contributed by atoms with E-state index in [1.807, 2.05) is 13.8 Å².